The molecule has 0 aliphatic rings. The topological polar surface area (TPSA) is 40.0 Å². The third kappa shape index (κ3) is 5.34. The minimum absolute atomic E-state index is 0.208. The first-order valence-electron chi connectivity index (χ1n) is 8.39. The summed E-state index contributed by atoms with van der Waals surface area (Å²) in [6.07, 6.45) is 3.90. The van der Waals surface area contributed by atoms with Gasteiger partial charge in [0.1, 0.15) is 43.4 Å². The Morgan fingerprint density at radius 1 is 1.08 bits per heavy atom. The van der Waals surface area contributed by atoms with E-state index in [1.54, 1.807) is 12.1 Å². The predicted molar refractivity (Wildman–Crippen MR) is 102 cm³/mol. The van der Waals surface area contributed by atoms with Gasteiger partial charge >= 0.3 is 0 Å². The van der Waals surface area contributed by atoms with Crippen molar-refractivity contribution in [2.45, 2.75) is 20.8 Å². The highest BCUT2D eigenvalue weighted by Crippen LogP contribution is 2.28. The van der Waals surface area contributed by atoms with Gasteiger partial charge in [0.2, 0.25) is 0 Å². The maximum absolute atomic E-state index is 13.1. The van der Waals surface area contributed by atoms with Gasteiger partial charge in [-0.05, 0) is 68.3 Å². The Labute approximate surface area is 153 Å². The molecule has 2 aromatic rings. The normalized spacial score (nSPS) is 11.7. The molecule has 0 radical (unpaired) electrons. The first-order valence-corrected chi connectivity index (χ1v) is 8.39. The second-order valence-corrected chi connectivity index (χ2v) is 5.78. The summed E-state index contributed by atoms with van der Waals surface area (Å²) >= 11 is 0. The van der Waals surface area contributed by atoms with E-state index < -0.39 is 0 Å². The summed E-state index contributed by atoms with van der Waals surface area (Å²) in [7, 11) is 1.47. The van der Waals surface area contributed by atoms with Crippen LogP contribution in [0.4, 0.5) is 4.39 Å². The van der Waals surface area contributed by atoms with Gasteiger partial charge in [-0.2, -0.15) is 0 Å². The lowest BCUT2D eigenvalue weighted by molar-refractivity contribution is 0.210. The second-order valence-electron chi connectivity index (χ2n) is 5.78. The minimum atomic E-state index is -0.299. The van der Waals surface area contributed by atoms with E-state index in [2.05, 4.69) is 5.16 Å². The predicted octanol–water partition coefficient (Wildman–Crippen LogP) is 4.83. The number of allylic oxidation sites excluding steroid dienone is 1. The van der Waals surface area contributed by atoms with Crippen molar-refractivity contribution in [2.24, 2.45) is 5.16 Å². The maximum Gasteiger partial charge on any atom is 0.134 e. The first kappa shape index (κ1) is 19.5. The van der Waals surface area contributed by atoms with Crippen LogP contribution in [0.5, 0.6) is 11.5 Å². The molecule has 0 bridgehead atoms. The Kier molecular flexibility index (Phi) is 7.21. The van der Waals surface area contributed by atoms with E-state index >= 15 is 0 Å². The molecule has 0 aromatic heterocycles. The van der Waals surface area contributed by atoms with E-state index in [1.807, 2.05) is 45.1 Å². The fourth-order valence-corrected chi connectivity index (χ4v) is 2.52. The molecule has 0 N–H and O–H groups in total. The zero-order chi connectivity index (χ0) is 18.9. The highest BCUT2D eigenvalue weighted by molar-refractivity contribution is 6.01. The summed E-state index contributed by atoms with van der Waals surface area (Å²) in [6, 6.07) is 9.94. The SMILES string of the molecule is C/C=C/COc1cc(C)c(OCC(=NOC)c2ccc(F)cc2)c(C)c1. The lowest BCUT2D eigenvalue weighted by atomic mass is 10.1. The number of hydrogen-bond donors (Lipinski definition) is 0. The van der Waals surface area contributed by atoms with Crippen LogP contribution in [0, 0.1) is 19.7 Å². The minimum Gasteiger partial charge on any atom is -0.490 e. The number of oxime groups is 1. The van der Waals surface area contributed by atoms with Crippen molar-refractivity contribution in [3.8, 4) is 11.5 Å². The molecule has 0 aliphatic heterocycles. The highest BCUT2D eigenvalue weighted by atomic mass is 19.1. The van der Waals surface area contributed by atoms with Crippen LogP contribution in [0.2, 0.25) is 0 Å². The summed E-state index contributed by atoms with van der Waals surface area (Å²) in [5.41, 5.74) is 3.27. The molecular weight excluding hydrogens is 333 g/mol. The van der Waals surface area contributed by atoms with Crippen LogP contribution in [-0.2, 0) is 4.84 Å². The van der Waals surface area contributed by atoms with Crippen molar-refractivity contribution in [3.63, 3.8) is 0 Å². The largest absolute Gasteiger partial charge is 0.490 e. The summed E-state index contributed by atoms with van der Waals surface area (Å²) in [5.74, 6) is 1.27. The van der Waals surface area contributed by atoms with E-state index in [0.717, 1.165) is 28.2 Å². The molecule has 0 heterocycles. The number of aryl methyl sites for hydroxylation is 2. The van der Waals surface area contributed by atoms with Crippen LogP contribution in [0.1, 0.15) is 23.6 Å². The molecule has 0 saturated carbocycles. The van der Waals surface area contributed by atoms with Gasteiger partial charge in [-0.1, -0.05) is 17.3 Å². The van der Waals surface area contributed by atoms with Gasteiger partial charge in [-0.3, -0.25) is 0 Å². The van der Waals surface area contributed by atoms with E-state index in [9.17, 15) is 4.39 Å². The Bertz CT molecular complexity index is 759. The smallest absolute Gasteiger partial charge is 0.134 e. The van der Waals surface area contributed by atoms with Crippen LogP contribution in [0.25, 0.3) is 0 Å². The summed E-state index contributed by atoms with van der Waals surface area (Å²) in [4.78, 5) is 4.90. The molecular formula is C21H24FNO3. The molecule has 0 aliphatic carbocycles. The molecule has 2 aromatic carbocycles. The first-order chi connectivity index (χ1) is 12.5. The molecule has 0 fully saturated rings. The average Bonchev–Trinajstić information content (AvgIpc) is 2.61. The molecule has 4 nitrogen and oxygen atoms in total. The molecule has 0 amide bonds. The van der Waals surface area contributed by atoms with Crippen LogP contribution in [0.15, 0.2) is 53.7 Å². The summed E-state index contributed by atoms with van der Waals surface area (Å²) < 4.78 is 24.8. The van der Waals surface area contributed by atoms with E-state index in [4.69, 9.17) is 14.3 Å². The quantitative estimate of drug-likeness (QED) is 0.386. The summed E-state index contributed by atoms with van der Waals surface area (Å²) in [5, 5.41) is 4.00. The van der Waals surface area contributed by atoms with Crippen molar-refractivity contribution in [1.82, 2.24) is 0 Å². The fourth-order valence-electron chi connectivity index (χ4n) is 2.52. The van der Waals surface area contributed by atoms with Crippen LogP contribution in [-0.4, -0.2) is 26.0 Å². The number of ether oxygens (including phenoxy) is 2. The monoisotopic (exact) mass is 357 g/mol. The van der Waals surface area contributed by atoms with Crippen LogP contribution < -0.4 is 9.47 Å². The zero-order valence-corrected chi connectivity index (χ0v) is 15.6. The van der Waals surface area contributed by atoms with Gasteiger partial charge in [-0.15, -0.1) is 0 Å². The zero-order valence-electron chi connectivity index (χ0n) is 15.6. The van der Waals surface area contributed by atoms with Crippen molar-refractivity contribution in [3.05, 3.63) is 71.1 Å². The Morgan fingerprint density at radius 2 is 1.73 bits per heavy atom. The standard InChI is InChI=1S/C21H24FNO3/c1-5-6-11-25-19-12-15(2)21(16(3)13-19)26-14-20(23-24-4)17-7-9-18(22)10-8-17/h5-10,12-13H,11,14H2,1-4H3/b6-5+,23-20?. The van der Waals surface area contributed by atoms with Gasteiger partial charge < -0.3 is 14.3 Å². The molecule has 5 heteroatoms. The number of benzene rings is 2. The van der Waals surface area contributed by atoms with E-state index in [-0.39, 0.29) is 12.4 Å². The summed E-state index contributed by atoms with van der Waals surface area (Å²) in [6.45, 7) is 6.63. The maximum atomic E-state index is 13.1. The van der Waals surface area contributed by atoms with Gasteiger partial charge in [-0.25, -0.2) is 4.39 Å². The molecule has 26 heavy (non-hydrogen) atoms. The molecule has 0 saturated heterocycles. The molecule has 0 atom stereocenters. The Hall–Kier alpha value is -2.82. The average molecular weight is 357 g/mol. The second kappa shape index (κ2) is 9.61. The third-order valence-corrected chi connectivity index (χ3v) is 3.75. The molecule has 0 unspecified atom stereocenters. The fraction of sp³-hybridized carbons (Fsp3) is 0.286. The molecule has 138 valence electrons. The van der Waals surface area contributed by atoms with Crippen molar-refractivity contribution < 1.29 is 18.7 Å². The van der Waals surface area contributed by atoms with Crippen molar-refractivity contribution in [2.75, 3.05) is 20.3 Å². The number of hydrogen-bond acceptors (Lipinski definition) is 4. The number of halogens is 1. The van der Waals surface area contributed by atoms with Crippen LogP contribution in [0.3, 0.4) is 0 Å². The van der Waals surface area contributed by atoms with Crippen molar-refractivity contribution in [1.29, 1.82) is 0 Å². The lowest BCUT2D eigenvalue weighted by Crippen LogP contribution is -2.14. The van der Waals surface area contributed by atoms with E-state index in [0.29, 0.717) is 12.3 Å². The van der Waals surface area contributed by atoms with Gasteiger partial charge in [0.05, 0.1) is 0 Å². The van der Waals surface area contributed by atoms with E-state index in [1.165, 1.54) is 19.2 Å². The Morgan fingerprint density at radius 3 is 2.31 bits per heavy atom. The van der Waals surface area contributed by atoms with Gasteiger partial charge in [0, 0.05) is 5.56 Å². The Balaban J connectivity index is 2.13. The number of rotatable bonds is 8. The highest BCUT2D eigenvalue weighted by Gasteiger charge is 2.11. The molecule has 2 rings (SSSR count). The molecule has 0 spiro atoms. The van der Waals surface area contributed by atoms with Crippen LogP contribution >= 0.6 is 0 Å². The van der Waals surface area contributed by atoms with Crippen molar-refractivity contribution >= 4 is 5.71 Å². The van der Waals surface area contributed by atoms with Gasteiger partial charge in [0.15, 0.2) is 0 Å². The third-order valence-electron chi connectivity index (χ3n) is 3.75. The number of nitrogens with zero attached hydrogens (tertiary/aromatic N) is 1. The lowest BCUT2D eigenvalue weighted by Gasteiger charge is -2.15. The van der Waals surface area contributed by atoms with Gasteiger partial charge in [0.25, 0.3) is 0 Å².